The lowest BCUT2D eigenvalue weighted by Crippen LogP contribution is -2.48. The van der Waals surface area contributed by atoms with Crippen molar-refractivity contribution in [3.63, 3.8) is 0 Å². The molecule has 0 aromatic heterocycles. The molecule has 0 aromatic carbocycles. The van der Waals surface area contributed by atoms with E-state index in [1.807, 2.05) is 0 Å². The SMILES string of the molecule is CC(C)N1CCC(CNC(=O)NC(C(=O)O)C2CC2)C1. The summed E-state index contributed by atoms with van der Waals surface area (Å²) in [5, 5.41) is 14.4. The number of carbonyl (C=O) groups is 2. The average Bonchev–Trinajstić information content (AvgIpc) is 3.10. The largest absolute Gasteiger partial charge is 0.480 e. The number of nitrogens with zero attached hydrogens (tertiary/aromatic N) is 1. The number of nitrogens with one attached hydrogen (secondary N) is 2. The molecule has 0 radical (unpaired) electrons. The second kappa shape index (κ2) is 6.43. The first kappa shape index (κ1) is 15.1. The standard InChI is InChI=1S/C14H25N3O3/c1-9(2)17-6-5-10(8-17)7-15-14(20)16-12(13(18)19)11-3-4-11/h9-12H,3-8H2,1-2H3,(H,18,19)(H2,15,16,20). The van der Waals surface area contributed by atoms with Crippen molar-refractivity contribution in [2.24, 2.45) is 11.8 Å². The summed E-state index contributed by atoms with van der Waals surface area (Å²) in [6.45, 7) is 7.05. The van der Waals surface area contributed by atoms with Crippen LogP contribution in [0.2, 0.25) is 0 Å². The fraction of sp³-hybridized carbons (Fsp3) is 0.857. The van der Waals surface area contributed by atoms with E-state index in [1.54, 1.807) is 0 Å². The van der Waals surface area contributed by atoms with Crippen molar-refractivity contribution in [3.8, 4) is 0 Å². The van der Waals surface area contributed by atoms with Crippen LogP contribution in [0.25, 0.3) is 0 Å². The number of hydrogen-bond donors (Lipinski definition) is 3. The monoisotopic (exact) mass is 283 g/mol. The third-order valence-electron chi connectivity index (χ3n) is 4.24. The summed E-state index contributed by atoms with van der Waals surface area (Å²) in [5.41, 5.74) is 0. The molecule has 2 rings (SSSR count). The molecule has 114 valence electrons. The van der Waals surface area contributed by atoms with Crippen molar-refractivity contribution >= 4 is 12.0 Å². The summed E-state index contributed by atoms with van der Waals surface area (Å²) < 4.78 is 0. The third kappa shape index (κ3) is 4.10. The van der Waals surface area contributed by atoms with Gasteiger partial charge in [0.1, 0.15) is 6.04 Å². The molecule has 1 aliphatic heterocycles. The molecule has 2 amide bonds. The second-order valence-electron chi connectivity index (χ2n) is 6.25. The zero-order valence-electron chi connectivity index (χ0n) is 12.3. The molecule has 20 heavy (non-hydrogen) atoms. The first-order valence-electron chi connectivity index (χ1n) is 7.48. The Morgan fingerprint density at radius 2 is 2.00 bits per heavy atom. The molecule has 6 heteroatoms. The summed E-state index contributed by atoms with van der Waals surface area (Å²) in [5.74, 6) is -0.358. The van der Waals surface area contributed by atoms with Gasteiger partial charge in [0.25, 0.3) is 0 Å². The maximum absolute atomic E-state index is 11.8. The summed E-state index contributed by atoms with van der Waals surface area (Å²) in [6, 6.07) is -0.543. The van der Waals surface area contributed by atoms with Crippen LogP contribution in [0, 0.1) is 11.8 Å². The van der Waals surface area contributed by atoms with Crippen molar-refractivity contribution in [2.75, 3.05) is 19.6 Å². The van der Waals surface area contributed by atoms with Gasteiger partial charge in [-0.25, -0.2) is 9.59 Å². The average molecular weight is 283 g/mol. The molecule has 0 spiro atoms. The molecule has 1 saturated carbocycles. The number of rotatable bonds is 6. The topological polar surface area (TPSA) is 81.7 Å². The minimum atomic E-state index is -0.936. The highest BCUT2D eigenvalue weighted by Crippen LogP contribution is 2.32. The van der Waals surface area contributed by atoms with Gasteiger partial charge in [-0.05, 0) is 51.5 Å². The molecule has 1 aliphatic carbocycles. The highest BCUT2D eigenvalue weighted by Gasteiger charge is 2.37. The van der Waals surface area contributed by atoms with E-state index < -0.39 is 12.0 Å². The Kier molecular flexibility index (Phi) is 4.86. The van der Waals surface area contributed by atoms with Gasteiger partial charge in [0, 0.05) is 19.1 Å². The number of urea groups is 1. The predicted octanol–water partition coefficient (Wildman–Crippen LogP) is 0.879. The van der Waals surface area contributed by atoms with Crippen LogP contribution in [0.3, 0.4) is 0 Å². The Balaban J connectivity index is 1.69. The van der Waals surface area contributed by atoms with E-state index in [0.29, 0.717) is 18.5 Å². The number of hydrogen-bond acceptors (Lipinski definition) is 3. The molecule has 2 unspecified atom stereocenters. The van der Waals surface area contributed by atoms with Gasteiger partial charge in [-0.1, -0.05) is 0 Å². The summed E-state index contributed by atoms with van der Waals surface area (Å²) in [6.07, 6.45) is 2.87. The molecule has 2 fully saturated rings. The minimum Gasteiger partial charge on any atom is -0.480 e. The van der Waals surface area contributed by atoms with Crippen molar-refractivity contribution in [1.29, 1.82) is 0 Å². The first-order valence-corrected chi connectivity index (χ1v) is 7.48. The normalized spacial score (nSPS) is 24.6. The van der Waals surface area contributed by atoms with Gasteiger partial charge >= 0.3 is 12.0 Å². The lowest BCUT2D eigenvalue weighted by molar-refractivity contribution is -0.139. The molecule has 0 aromatic rings. The van der Waals surface area contributed by atoms with E-state index in [2.05, 4.69) is 29.4 Å². The van der Waals surface area contributed by atoms with Gasteiger partial charge in [0.2, 0.25) is 0 Å². The van der Waals surface area contributed by atoms with Crippen molar-refractivity contribution in [1.82, 2.24) is 15.5 Å². The molecule has 6 nitrogen and oxygen atoms in total. The van der Waals surface area contributed by atoms with Gasteiger partial charge in [0.15, 0.2) is 0 Å². The second-order valence-corrected chi connectivity index (χ2v) is 6.25. The predicted molar refractivity (Wildman–Crippen MR) is 75.5 cm³/mol. The lowest BCUT2D eigenvalue weighted by atomic mass is 10.1. The molecule has 1 heterocycles. The van der Waals surface area contributed by atoms with Crippen molar-refractivity contribution in [2.45, 2.75) is 45.2 Å². The minimum absolute atomic E-state index is 0.112. The van der Waals surface area contributed by atoms with Gasteiger partial charge < -0.3 is 20.6 Å². The Morgan fingerprint density at radius 1 is 1.30 bits per heavy atom. The fourth-order valence-electron chi connectivity index (χ4n) is 2.74. The quantitative estimate of drug-likeness (QED) is 0.676. The maximum Gasteiger partial charge on any atom is 0.326 e. The third-order valence-corrected chi connectivity index (χ3v) is 4.24. The zero-order valence-corrected chi connectivity index (χ0v) is 12.3. The van der Waals surface area contributed by atoms with Gasteiger partial charge in [0.05, 0.1) is 0 Å². The summed E-state index contributed by atoms with van der Waals surface area (Å²) >= 11 is 0. The maximum atomic E-state index is 11.8. The molecule has 0 bridgehead atoms. The number of amides is 2. The Labute approximate surface area is 119 Å². The number of carboxylic acids is 1. The van der Waals surface area contributed by atoms with E-state index in [9.17, 15) is 9.59 Å². The molecule has 1 saturated heterocycles. The van der Waals surface area contributed by atoms with Crippen LogP contribution in [-0.2, 0) is 4.79 Å². The van der Waals surface area contributed by atoms with E-state index >= 15 is 0 Å². The first-order chi connectivity index (χ1) is 9.47. The van der Waals surface area contributed by atoms with Crippen LogP contribution in [0.15, 0.2) is 0 Å². The number of aliphatic carboxylic acids is 1. The molecule has 3 N–H and O–H groups in total. The van der Waals surface area contributed by atoms with Crippen LogP contribution in [-0.4, -0.2) is 53.7 Å². The van der Waals surface area contributed by atoms with E-state index in [1.165, 1.54) is 0 Å². The van der Waals surface area contributed by atoms with Crippen LogP contribution in [0.1, 0.15) is 33.1 Å². The number of likely N-dealkylation sites (tertiary alicyclic amines) is 1. The Morgan fingerprint density at radius 3 is 2.50 bits per heavy atom. The van der Waals surface area contributed by atoms with Crippen molar-refractivity contribution in [3.05, 3.63) is 0 Å². The lowest BCUT2D eigenvalue weighted by Gasteiger charge is -2.20. The highest BCUT2D eigenvalue weighted by molar-refractivity contribution is 5.83. The van der Waals surface area contributed by atoms with Crippen molar-refractivity contribution < 1.29 is 14.7 Å². The fourth-order valence-corrected chi connectivity index (χ4v) is 2.74. The Hall–Kier alpha value is -1.30. The van der Waals surface area contributed by atoms with Gasteiger partial charge in [-0.15, -0.1) is 0 Å². The zero-order chi connectivity index (χ0) is 14.7. The number of carboxylic acid groups (broad SMARTS) is 1. The number of carbonyl (C=O) groups excluding carboxylic acids is 1. The van der Waals surface area contributed by atoms with Gasteiger partial charge in [-0.3, -0.25) is 0 Å². The van der Waals surface area contributed by atoms with Crippen LogP contribution in [0.4, 0.5) is 4.79 Å². The summed E-state index contributed by atoms with van der Waals surface area (Å²) in [4.78, 5) is 25.2. The molecule has 2 aliphatic rings. The smallest absolute Gasteiger partial charge is 0.326 e. The molecule has 2 atom stereocenters. The van der Waals surface area contributed by atoms with Gasteiger partial charge in [-0.2, -0.15) is 0 Å². The van der Waals surface area contributed by atoms with Crippen LogP contribution in [0.5, 0.6) is 0 Å². The highest BCUT2D eigenvalue weighted by atomic mass is 16.4. The van der Waals surface area contributed by atoms with E-state index in [0.717, 1.165) is 32.4 Å². The van der Waals surface area contributed by atoms with Crippen LogP contribution < -0.4 is 10.6 Å². The summed E-state index contributed by atoms with van der Waals surface area (Å²) in [7, 11) is 0. The van der Waals surface area contributed by atoms with E-state index in [4.69, 9.17) is 5.11 Å². The van der Waals surface area contributed by atoms with Crippen LogP contribution >= 0.6 is 0 Å². The Bertz CT molecular complexity index is 369. The molecular weight excluding hydrogens is 258 g/mol. The van der Waals surface area contributed by atoms with E-state index in [-0.39, 0.29) is 11.9 Å². The molecular formula is C14H25N3O3.